The van der Waals surface area contributed by atoms with Crippen molar-refractivity contribution in [3.63, 3.8) is 0 Å². The molecule has 0 aliphatic rings. The summed E-state index contributed by atoms with van der Waals surface area (Å²) in [5.74, 6) is 0.655. The van der Waals surface area contributed by atoms with Crippen molar-refractivity contribution < 1.29 is 14.6 Å². The highest BCUT2D eigenvalue weighted by Crippen LogP contribution is 2.19. The standard InChI is InChI=1S/C19H23NO3/c1-14-8-9-18(15(2)12-14)23-11-10-19(22)20-17(13-21)16-6-4-3-5-7-16/h3-9,12,17,21H,10-11,13H2,1-2H3,(H,20,22). The van der Waals surface area contributed by atoms with Crippen LogP contribution in [0.1, 0.15) is 29.2 Å². The minimum Gasteiger partial charge on any atom is -0.493 e. The van der Waals surface area contributed by atoms with E-state index in [0.717, 1.165) is 16.9 Å². The van der Waals surface area contributed by atoms with Crippen LogP contribution < -0.4 is 10.1 Å². The summed E-state index contributed by atoms with van der Waals surface area (Å²) in [7, 11) is 0. The molecular formula is C19H23NO3. The molecule has 2 rings (SSSR count). The summed E-state index contributed by atoms with van der Waals surface area (Å²) in [5, 5.41) is 12.3. The van der Waals surface area contributed by atoms with Crippen molar-refractivity contribution in [3.8, 4) is 5.75 Å². The average Bonchev–Trinajstić information content (AvgIpc) is 2.55. The molecule has 23 heavy (non-hydrogen) atoms. The highest BCUT2D eigenvalue weighted by atomic mass is 16.5. The molecule has 4 heteroatoms. The topological polar surface area (TPSA) is 58.6 Å². The predicted octanol–water partition coefficient (Wildman–Crippen LogP) is 2.92. The fourth-order valence-electron chi connectivity index (χ4n) is 2.40. The SMILES string of the molecule is Cc1ccc(OCCC(=O)NC(CO)c2ccccc2)c(C)c1. The lowest BCUT2D eigenvalue weighted by Gasteiger charge is -2.17. The van der Waals surface area contributed by atoms with Crippen LogP contribution in [0.4, 0.5) is 0 Å². The molecule has 4 nitrogen and oxygen atoms in total. The maximum atomic E-state index is 12.0. The predicted molar refractivity (Wildman–Crippen MR) is 90.4 cm³/mol. The molecule has 0 bridgehead atoms. The lowest BCUT2D eigenvalue weighted by molar-refractivity contribution is -0.122. The largest absolute Gasteiger partial charge is 0.493 e. The van der Waals surface area contributed by atoms with E-state index >= 15 is 0 Å². The molecule has 122 valence electrons. The molecule has 2 aromatic carbocycles. The number of aryl methyl sites for hydroxylation is 2. The normalized spacial score (nSPS) is 11.8. The van der Waals surface area contributed by atoms with Gasteiger partial charge in [-0.25, -0.2) is 0 Å². The van der Waals surface area contributed by atoms with Gasteiger partial charge in [0.1, 0.15) is 5.75 Å². The summed E-state index contributed by atoms with van der Waals surface area (Å²) in [6.45, 7) is 4.19. The molecule has 0 aromatic heterocycles. The number of benzene rings is 2. The van der Waals surface area contributed by atoms with Crippen LogP contribution in [-0.2, 0) is 4.79 Å². The van der Waals surface area contributed by atoms with Gasteiger partial charge in [0, 0.05) is 0 Å². The van der Waals surface area contributed by atoms with E-state index in [1.54, 1.807) is 0 Å². The zero-order valence-electron chi connectivity index (χ0n) is 13.6. The summed E-state index contributed by atoms with van der Waals surface area (Å²) < 4.78 is 5.66. The summed E-state index contributed by atoms with van der Waals surface area (Å²) >= 11 is 0. The van der Waals surface area contributed by atoms with E-state index in [1.165, 1.54) is 5.56 Å². The molecule has 0 saturated carbocycles. The Kier molecular flexibility index (Phi) is 6.18. The fraction of sp³-hybridized carbons (Fsp3) is 0.316. The minimum absolute atomic E-state index is 0.131. The van der Waals surface area contributed by atoms with Crippen molar-refractivity contribution in [2.75, 3.05) is 13.2 Å². The molecule has 0 saturated heterocycles. The molecular weight excluding hydrogens is 290 g/mol. The number of amides is 1. The van der Waals surface area contributed by atoms with E-state index in [-0.39, 0.29) is 25.0 Å². The van der Waals surface area contributed by atoms with Crippen LogP contribution in [0.25, 0.3) is 0 Å². The van der Waals surface area contributed by atoms with Gasteiger partial charge in [-0.15, -0.1) is 0 Å². The Morgan fingerprint density at radius 3 is 2.57 bits per heavy atom. The van der Waals surface area contributed by atoms with Gasteiger partial charge in [0.05, 0.1) is 25.7 Å². The molecule has 1 unspecified atom stereocenters. The number of rotatable bonds is 7. The van der Waals surface area contributed by atoms with Gasteiger partial charge >= 0.3 is 0 Å². The second-order valence-electron chi connectivity index (χ2n) is 5.58. The van der Waals surface area contributed by atoms with Crippen molar-refractivity contribution >= 4 is 5.91 Å². The van der Waals surface area contributed by atoms with Crippen molar-refractivity contribution in [1.82, 2.24) is 5.32 Å². The third kappa shape index (κ3) is 5.11. The second-order valence-corrected chi connectivity index (χ2v) is 5.58. The molecule has 0 aliphatic carbocycles. The molecule has 0 fully saturated rings. The Morgan fingerprint density at radius 1 is 1.17 bits per heavy atom. The third-order valence-electron chi connectivity index (χ3n) is 3.64. The maximum absolute atomic E-state index is 12.0. The smallest absolute Gasteiger partial charge is 0.223 e. The van der Waals surface area contributed by atoms with Gasteiger partial charge in [0.25, 0.3) is 0 Å². The van der Waals surface area contributed by atoms with E-state index in [4.69, 9.17) is 4.74 Å². The lowest BCUT2D eigenvalue weighted by atomic mass is 10.1. The second kappa shape index (κ2) is 8.34. The fourth-order valence-corrected chi connectivity index (χ4v) is 2.40. The van der Waals surface area contributed by atoms with Crippen molar-refractivity contribution in [2.45, 2.75) is 26.3 Å². The van der Waals surface area contributed by atoms with Gasteiger partial charge in [-0.05, 0) is 31.0 Å². The molecule has 1 atom stereocenters. The third-order valence-corrected chi connectivity index (χ3v) is 3.64. The number of carbonyl (C=O) groups excluding carboxylic acids is 1. The first kappa shape index (κ1) is 17.0. The molecule has 2 N–H and O–H groups in total. The average molecular weight is 313 g/mol. The van der Waals surface area contributed by atoms with Crippen LogP contribution in [0, 0.1) is 13.8 Å². The molecule has 1 amide bonds. The van der Waals surface area contributed by atoms with Crippen LogP contribution in [0.2, 0.25) is 0 Å². The number of nitrogens with one attached hydrogen (secondary N) is 1. The Labute approximate surface area is 137 Å². The van der Waals surface area contributed by atoms with E-state index in [1.807, 2.05) is 62.4 Å². The van der Waals surface area contributed by atoms with Crippen molar-refractivity contribution in [2.24, 2.45) is 0 Å². The number of aliphatic hydroxyl groups excluding tert-OH is 1. The summed E-state index contributed by atoms with van der Waals surface area (Å²) in [4.78, 5) is 12.0. The monoisotopic (exact) mass is 313 g/mol. The Hall–Kier alpha value is -2.33. The minimum atomic E-state index is -0.384. The Balaban J connectivity index is 1.82. The van der Waals surface area contributed by atoms with Crippen LogP contribution in [-0.4, -0.2) is 24.2 Å². The summed E-state index contributed by atoms with van der Waals surface area (Å²) in [5.41, 5.74) is 3.13. The first-order valence-electron chi connectivity index (χ1n) is 7.75. The quantitative estimate of drug-likeness (QED) is 0.826. The van der Waals surface area contributed by atoms with Gasteiger partial charge < -0.3 is 15.2 Å². The first-order chi connectivity index (χ1) is 11.1. The number of aliphatic hydroxyl groups is 1. The van der Waals surface area contributed by atoms with Gasteiger partial charge in [0.15, 0.2) is 0 Å². The van der Waals surface area contributed by atoms with Crippen LogP contribution in [0.3, 0.4) is 0 Å². The van der Waals surface area contributed by atoms with E-state index < -0.39 is 0 Å². The van der Waals surface area contributed by atoms with E-state index in [9.17, 15) is 9.90 Å². The van der Waals surface area contributed by atoms with Crippen LogP contribution in [0.5, 0.6) is 5.75 Å². The number of ether oxygens (including phenoxy) is 1. The van der Waals surface area contributed by atoms with Crippen molar-refractivity contribution in [3.05, 3.63) is 65.2 Å². The molecule has 0 spiro atoms. The first-order valence-corrected chi connectivity index (χ1v) is 7.75. The van der Waals surface area contributed by atoms with E-state index in [0.29, 0.717) is 6.61 Å². The molecule has 0 radical (unpaired) electrons. The highest BCUT2D eigenvalue weighted by molar-refractivity contribution is 5.76. The number of carbonyl (C=O) groups is 1. The van der Waals surface area contributed by atoms with Gasteiger partial charge in [-0.2, -0.15) is 0 Å². The van der Waals surface area contributed by atoms with Crippen LogP contribution >= 0.6 is 0 Å². The summed E-state index contributed by atoms with van der Waals surface area (Å²) in [6, 6.07) is 15.0. The van der Waals surface area contributed by atoms with Gasteiger partial charge in [0.2, 0.25) is 5.91 Å². The van der Waals surface area contributed by atoms with E-state index in [2.05, 4.69) is 5.32 Å². The van der Waals surface area contributed by atoms with Gasteiger partial charge in [-0.3, -0.25) is 4.79 Å². The Bertz CT molecular complexity index is 640. The highest BCUT2D eigenvalue weighted by Gasteiger charge is 2.13. The maximum Gasteiger partial charge on any atom is 0.223 e. The van der Waals surface area contributed by atoms with Gasteiger partial charge in [-0.1, -0.05) is 48.0 Å². The zero-order valence-corrected chi connectivity index (χ0v) is 13.6. The number of hydrogen-bond acceptors (Lipinski definition) is 3. The number of hydrogen-bond donors (Lipinski definition) is 2. The van der Waals surface area contributed by atoms with Crippen LogP contribution in [0.15, 0.2) is 48.5 Å². The summed E-state index contributed by atoms with van der Waals surface area (Å²) in [6.07, 6.45) is 0.247. The lowest BCUT2D eigenvalue weighted by Crippen LogP contribution is -2.31. The molecule has 0 heterocycles. The Morgan fingerprint density at radius 2 is 1.91 bits per heavy atom. The molecule has 2 aromatic rings. The van der Waals surface area contributed by atoms with Crippen molar-refractivity contribution in [1.29, 1.82) is 0 Å². The molecule has 0 aliphatic heterocycles. The zero-order chi connectivity index (χ0) is 16.7.